The second-order valence-corrected chi connectivity index (χ2v) is 6.40. The van der Waals surface area contributed by atoms with E-state index in [4.69, 9.17) is 9.84 Å². The molecule has 0 saturated heterocycles. The fourth-order valence-electron chi connectivity index (χ4n) is 1.00. The highest BCUT2D eigenvalue weighted by atomic mass is 32.2. The number of sulfonamides is 1. The van der Waals surface area contributed by atoms with Gasteiger partial charge in [-0.15, -0.1) is 0 Å². The van der Waals surface area contributed by atoms with Crippen LogP contribution in [0.25, 0.3) is 0 Å². The second-order valence-electron chi connectivity index (χ2n) is 3.25. The third kappa shape index (κ3) is 10.7. The van der Waals surface area contributed by atoms with Crippen molar-refractivity contribution in [2.45, 2.75) is 12.8 Å². The number of ether oxygens (including phenoxy) is 1. The molecule has 0 aromatic carbocycles. The van der Waals surface area contributed by atoms with Crippen molar-refractivity contribution < 1.29 is 18.3 Å². The molecule has 0 aromatic rings. The van der Waals surface area contributed by atoms with Crippen LogP contribution in [-0.2, 0) is 14.8 Å². The van der Waals surface area contributed by atoms with Crippen LogP contribution in [-0.4, -0.2) is 57.7 Å². The Balaban J connectivity index is 3.43. The zero-order chi connectivity index (χ0) is 12.3. The summed E-state index contributed by atoms with van der Waals surface area (Å²) in [6.07, 6.45) is 1.27. The quantitative estimate of drug-likeness (QED) is 0.520. The third-order valence-electron chi connectivity index (χ3n) is 1.78. The van der Waals surface area contributed by atoms with E-state index in [0.717, 1.165) is 17.9 Å². The predicted octanol–water partition coefficient (Wildman–Crippen LogP) is 0.0579. The molecule has 0 aliphatic carbocycles. The van der Waals surface area contributed by atoms with E-state index in [2.05, 4.69) is 4.72 Å². The molecule has 7 heteroatoms. The predicted molar refractivity (Wildman–Crippen MR) is 67.3 cm³/mol. The molecule has 0 fully saturated rings. The maximum atomic E-state index is 11.4. The Hall–Kier alpha value is 0.180. The van der Waals surface area contributed by atoms with Crippen molar-refractivity contribution in [2.75, 3.05) is 44.1 Å². The van der Waals surface area contributed by atoms with Gasteiger partial charge in [-0.3, -0.25) is 0 Å². The van der Waals surface area contributed by atoms with Gasteiger partial charge in [0.05, 0.1) is 5.75 Å². The molecule has 0 heterocycles. The van der Waals surface area contributed by atoms with Gasteiger partial charge in [0, 0.05) is 32.6 Å². The fraction of sp³-hybridized carbons (Fsp3) is 1.00. The zero-order valence-electron chi connectivity index (χ0n) is 9.65. The molecule has 2 N–H and O–H groups in total. The van der Waals surface area contributed by atoms with Crippen LogP contribution in [0.5, 0.6) is 0 Å². The van der Waals surface area contributed by atoms with Crippen LogP contribution in [0.2, 0.25) is 0 Å². The smallest absolute Gasteiger partial charge is 0.211 e. The first kappa shape index (κ1) is 16.2. The van der Waals surface area contributed by atoms with Gasteiger partial charge < -0.3 is 9.84 Å². The number of aliphatic hydroxyl groups is 1. The number of rotatable bonds is 11. The summed E-state index contributed by atoms with van der Waals surface area (Å²) in [4.78, 5) is 0. The van der Waals surface area contributed by atoms with E-state index in [0.29, 0.717) is 19.6 Å². The third-order valence-corrected chi connectivity index (χ3v) is 4.32. The Morgan fingerprint density at radius 1 is 1.31 bits per heavy atom. The molecule has 0 saturated carbocycles. The molecule has 0 amide bonds. The summed E-state index contributed by atoms with van der Waals surface area (Å²) in [7, 11) is -1.59. The number of aliphatic hydroxyl groups excluding tert-OH is 1. The molecule has 0 aliphatic rings. The van der Waals surface area contributed by atoms with Gasteiger partial charge >= 0.3 is 0 Å². The van der Waals surface area contributed by atoms with Gasteiger partial charge in [0.15, 0.2) is 0 Å². The van der Waals surface area contributed by atoms with Crippen molar-refractivity contribution in [3.8, 4) is 0 Å². The minimum atomic E-state index is -3.14. The average molecular weight is 271 g/mol. The summed E-state index contributed by atoms with van der Waals surface area (Å²) < 4.78 is 30.1. The van der Waals surface area contributed by atoms with Gasteiger partial charge in [-0.05, 0) is 18.6 Å². The van der Waals surface area contributed by atoms with Crippen LogP contribution in [0.4, 0.5) is 0 Å². The molecule has 0 unspecified atom stereocenters. The van der Waals surface area contributed by atoms with Crippen LogP contribution in [0.15, 0.2) is 0 Å². The van der Waals surface area contributed by atoms with Crippen LogP contribution in [0.1, 0.15) is 12.8 Å². The fourth-order valence-corrected chi connectivity index (χ4v) is 2.97. The van der Waals surface area contributed by atoms with Gasteiger partial charge in [0.25, 0.3) is 0 Å². The van der Waals surface area contributed by atoms with E-state index in [-0.39, 0.29) is 12.4 Å². The molecule has 0 radical (unpaired) electrons. The number of methoxy groups -OCH3 is 1. The lowest BCUT2D eigenvalue weighted by molar-refractivity contribution is 0.199. The van der Waals surface area contributed by atoms with Gasteiger partial charge in [-0.1, -0.05) is 0 Å². The minimum Gasteiger partial charge on any atom is -0.396 e. The normalized spacial score (nSPS) is 11.9. The highest BCUT2D eigenvalue weighted by Gasteiger charge is 2.08. The number of nitrogens with one attached hydrogen (secondary N) is 1. The summed E-state index contributed by atoms with van der Waals surface area (Å²) in [5.74, 6) is 1.72. The number of hydrogen-bond donors (Lipinski definition) is 2. The van der Waals surface area contributed by atoms with E-state index in [9.17, 15) is 8.42 Å². The largest absolute Gasteiger partial charge is 0.396 e. The highest BCUT2D eigenvalue weighted by molar-refractivity contribution is 7.99. The molecular formula is C9H21NO4S2. The molecule has 0 aliphatic heterocycles. The van der Waals surface area contributed by atoms with Gasteiger partial charge in [0.1, 0.15) is 0 Å². The summed E-state index contributed by atoms with van der Waals surface area (Å²) in [6.45, 7) is 1.10. The van der Waals surface area contributed by atoms with Crippen molar-refractivity contribution in [3.63, 3.8) is 0 Å². The van der Waals surface area contributed by atoms with Crippen molar-refractivity contribution in [1.82, 2.24) is 4.72 Å². The highest BCUT2D eigenvalue weighted by Crippen LogP contribution is 2.00. The molecular weight excluding hydrogens is 250 g/mol. The Morgan fingerprint density at radius 2 is 2.06 bits per heavy atom. The lowest BCUT2D eigenvalue weighted by Crippen LogP contribution is -2.29. The lowest BCUT2D eigenvalue weighted by atomic mass is 10.5. The van der Waals surface area contributed by atoms with Crippen LogP contribution < -0.4 is 4.72 Å². The Labute approximate surface area is 102 Å². The van der Waals surface area contributed by atoms with Gasteiger partial charge in [-0.2, -0.15) is 11.8 Å². The maximum Gasteiger partial charge on any atom is 0.211 e. The SMILES string of the molecule is COCCCS(=O)(=O)NCCSCCCO. The Kier molecular flexibility index (Phi) is 10.5. The number of thioether (sulfide) groups is 1. The van der Waals surface area contributed by atoms with E-state index < -0.39 is 10.0 Å². The first-order valence-electron chi connectivity index (χ1n) is 5.27. The summed E-state index contributed by atoms with van der Waals surface area (Å²) in [5, 5.41) is 8.54. The monoisotopic (exact) mass is 271 g/mol. The molecule has 0 bridgehead atoms. The van der Waals surface area contributed by atoms with E-state index >= 15 is 0 Å². The molecule has 0 atom stereocenters. The first-order chi connectivity index (χ1) is 7.62. The van der Waals surface area contributed by atoms with E-state index in [1.807, 2.05) is 0 Å². The average Bonchev–Trinajstić information content (AvgIpc) is 2.23. The molecule has 0 spiro atoms. The summed E-state index contributed by atoms with van der Waals surface area (Å²) in [6, 6.07) is 0. The molecule has 0 rings (SSSR count). The maximum absolute atomic E-state index is 11.4. The van der Waals surface area contributed by atoms with Crippen molar-refractivity contribution in [1.29, 1.82) is 0 Å². The van der Waals surface area contributed by atoms with Crippen molar-refractivity contribution in [2.24, 2.45) is 0 Å². The minimum absolute atomic E-state index is 0.113. The molecule has 0 aromatic heterocycles. The summed E-state index contributed by atoms with van der Waals surface area (Å²) >= 11 is 1.64. The van der Waals surface area contributed by atoms with Crippen molar-refractivity contribution >= 4 is 21.8 Å². The van der Waals surface area contributed by atoms with Crippen LogP contribution in [0.3, 0.4) is 0 Å². The first-order valence-corrected chi connectivity index (χ1v) is 8.08. The Bertz CT molecular complexity index is 244. The van der Waals surface area contributed by atoms with E-state index in [1.165, 1.54) is 0 Å². The van der Waals surface area contributed by atoms with Crippen LogP contribution in [0, 0.1) is 0 Å². The van der Waals surface area contributed by atoms with E-state index in [1.54, 1.807) is 18.9 Å². The molecule has 16 heavy (non-hydrogen) atoms. The topological polar surface area (TPSA) is 75.6 Å². The lowest BCUT2D eigenvalue weighted by Gasteiger charge is -2.06. The number of hydrogen-bond acceptors (Lipinski definition) is 5. The molecule has 5 nitrogen and oxygen atoms in total. The standard InChI is InChI=1S/C9H21NO4S2/c1-14-6-3-9-16(12,13)10-4-8-15-7-2-5-11/h10-11H,2-9H2,1H3. The Morgan fingerprint density at radius 3 is 2.69 bits per heavy atom. The van der Waals surface area contributed by atoms with Crippen molar-refractivity contribution in [3.05, 3.63) is 0 Å². The van der Waals surface area contributed by atoms with Crippen LogP contribution >= 0.6 is 11.8 Å². The molecule has 98 valence electrons. The zero-order valence-corrected chi connectivity index (χ0v) is 11.3. The summed E-state index contributed by atoms with van der Waals surface area (Å²) in [5.41, 5.74) is 0. The van der Waals surface area contributed by atoms with Gasteiger partial charge in [-0.25, -0.2) is 13.1 Å². The second kappa shape index (κ2) is 10.3. The van der Waals surface area contributed by atoms with Gasteiger partial charge in [0.2, 0.25) is 10.0 Å².